The van der Waals surface area contributed by atoms with E-state index in [9.17, 15) is 23.3 Å². The number of Topliss-reactive ketones (excluding diaryl/α,β-unsaturated/α-hetero) is 1. The predicted molar refractivity (Wildman–Crippen MR) is 111 cm³/mol. The van der Waals surface area contributed by atoms with Gasteiger partial charge in [0.1, 0.15) is 22.8 Å². The maximum absolute atomic E-state index is 12.7. The molecule has 0 radical (unpaired) electrons. The summed E-state index contributed by atoms with van der Waals surface area (Å²) in [5.41, 5.74) is -0.208. The molecule has 0 saturated carbocycles. The normalized spacial score (nSPS) is 17.7. The van der Waals surface area contributed by atoms with Crippen molar-refractivity contribution in [2.24, 2.45) is 5.14 Å². The van der Waals surface area contributed by atoms with Crippen LogP contribution in [0.3, 0.4) is 0 Å². The first-order chi connectivity index (χ1) is 14.6. The van der Waals surface area contributed by atoms with Crippen LogP contribution in [0.5, 0.6) is 11.5 Å². The number of benzene rings is 2. The number of ether oxygens (including phenoxy) is 2. The van der Waals surface area contributed by atoms with Crippen LogP contribution >= 0.6 is 0 Å². The summed E-state index contributed by atoms with van der Waals surface area (Å²) >= 11 is 0. The number of piperidine rings is 1. The molecule has 164 valence electrons. The second-order valence-electron chi connectivity index (χ2n) is 7.69. The van der Waals surface area contributed by atoms with Crippen LogP contribution in [0.2, 0.25) is 0 Å². The Hall–Kier alpha value is -3.18. The van der Waals surface area contributed by atoms with Crippen molar-refractivity contribution in [1.29, 1.82) is 0 Å². The minimum atomic E-state index is -4.06. The zero-order valence-electron chi connectivity index (χ0n) is 16.7. The van der Waals surface area contributed by atoms with E-state index in [-0.39, 0.29) is 22.8 Å². The Morgan fingerprint density at radius 3 is 2.52 bits per heavy atom. The molecule has 31 heavy (non-hydrogen) atoms. The lowest BCUT2D eigenvalue weighted by Gasteiger charge is -2.44. The molecule has 0 atom stereocenters. The molecular formula is C20H21N3O7S. The second-order valence-corrected chi connectivity index (χ2v) is 9.25. The monoisotopic (exact) mass is 447 g/mol. The highest BCUT2D eigenvalue weighted by Crippen LogP contribution is 2.42. The fourth-order valence-corrected chi connectivity index (χ4v) is 4.66. The van der Waals surface area contributed by atoms with Gasteiger partial charge in [0, 0.05) is 38.1 Å². The summed E-state index contributed by atoms with van der Waals surface area (Å²) in [7, 11) is -2.52. The Morgan fingerprint density at radius 2 is 1.90 bits per heavy atom. The zero-order chi connectivity index (χ0) is 22.4. The van der Waals surface area contributed by atoms with Gasteiger partial charge in [-0.1, -0.05) is 0 Å². The quantitative estimate of drug-likeness (QED) is 0.555. The van der Waals surface area contributed by atoms with Crippen LogP contribution in [0.25, 0.3) is 0 Å². The third-order valence-corrected chi connectivity index (χ3v) is 6.70. The molecule has 11 heteroatoms. The van der Waals surface area contributed by atoms with Gasteiger partial charge in [-0.15, -0.1) is 0 Å². The molecule has 0 unspecified atom stereocenters. The molecule has 2 aliphatic heterocycles. The highest BCUT2D eigenvalue weighted by molar-refractivity contribution is 7.89. The van der Waals surface area contributed by atoms with Crippen molar-refractivity contribution >= 4 is 27.2 Å². The van der Waals surface area contributed by atoms with Gasteiger partial charge >= 0.3 is 0 Å². The number of nitro groups is 1. The maximum atomic E-state index is 12.7. The number of methoxy groups -OCH3 is 1. The lowest BCUT2D eigenvalue weighted by molar-refractivity contribution is -0.384. The fourth-order valence-electron chi connectivity index (χ4n) is 4.13. The largest absolute Gasteiger partial charge is 0.497 e. The molecule has 1 saturated heterocycles. The molecule has 4 rings (SSSR count). The Kier molecular flexibility index (Phi) is 5.10. The predicted octanol–water partition coefficient (Wildman–Crippen LogP) is 2.26. The van der Waals surface area contributed by atoms with Crippen molar-refractivity contribution in [3.63, 3.8) is 0 Å². The standard InChI is InChI=1S/C20H21N3O7S/c1-29-13-2-4-15-18(24)12-20(30-19(15)10-13)6-8-22(9-7-20)16-5-3-14(31(21,27)28)11-17(16)23(25)26/h2-5,10-11H,6-9,12H2,1H3,(H2,21,27,28). The maximum Gasteiger partial charge on any atom is 0.293 e. The summed E-state index contributed by atoms with van der Waals surface area (Å²) < 4.78 is 34.6. The highest BCUT2D eigenvalue weighted by Gasteiger charge is 2.43. The molecule has 0 aromatic heterocycles. The summed E-state index contributed by atoms with van der Waals surface area (Å²) in [5, 5.41) is 16.6. The van der Waals surface area contributed by atoms with Gasteiger partial charge in [-0.2, -0.15) is 0 Å². The summed E-state index contributed by atoms with van der Waals surface area (Å²) in [5.74, 6) is 1.06. The Labute approximate surface area is 178 Å². The van der Waals surface area contributed by atoms with Crippen molar-refractivity contribution in [2.45, 2.75) is 29.8 Å². The van der Waals surface area contributed by atoms with Crippen LogP contribution in [0.1, 0.15) is 29.6 Å². The highest BCUT2D eigenvalue weighted by atomic mass is 32.2. The van der Waals surface area contributed by atoms with Gasteiger partial charge in [-0.25, -0.2) is 13.6 Å². The number of nitrogens with zero attached hydrogens (tertiary/aromatic N) is 2. The Bertz CT molecular complexity index is 1170. The number of hydrogen-bond acceptors (Lipinski definition) is 8. The number of fused-ring (bicyclic) bond motifs is 1. The average molecular weight is 447 g/mol. The first-order valence-electron chi connectivity index (χ1n) is 9.58. The van der Waals surface area contributed by atoms with E-state index >= 15 is 0 Å². The van der Waals surface area contributed by atoms with Crippen LogP contribution < -0.4 is 19.5 Å². The topological polar surface area (TPSA) is 142 Å². The summed E-state index contributed by atoms with van der Waals surface area (Å²) in [6, 6.07) is 8.71. The number of rotatable bonds is 4. The van der Waals surface area contributed by atoms with Crippen LogP contribution in [-0.2, 0) is 10.0 Å². The zero-order valence-corrected chi connectivity index (χ0v) is 17.6. The number of ketones is 1. The van der Waals surface area contributed by atoms with Gasteiger partial charge in [0.05, 0.1) is 28.9 Å². The second kappa shape index (κ2) is 7.50. The van der Waals surface area contributed by atoms with E-state index in [1.54, 1.807) is 23.1 Å². The molecule has 2 heterocycles. The molecule has 2 N–H and O–H groups in total. The Morgan fingerprint density at radius 1 is 1.19 bits per heavy atom. The number of anilines is 1. The SMILES string of the molecule is COc1ccc2c(c1)OC1(CCN(c3ccc(S(N)(=O)=O)cc3[N+](=O)[O-])CC1)CC2=O. The van der Waals surface area contributed by atoms with Crippen LogP contribution in [0.4, 0.5) is 11.4 Å². The van der Waals surface area contributed by atoms with Gasteiger partial charge in [0.2, 0.25) is 10.0 Å². The molecule has 2 aromatic carbocycles. The molecule has 10 nitrogen and oxygen atoms in total. The molecule has 0 bridgehead atoms. The van der Waals surface area contributed by atoms with E-state index < -0.39 is 20.5 Å². The van der Waals surface area contributed by atoms with E-state index in [4.69, 9.17) is 14.6 Å². The van der Waals surface area contributed by atoms with Gasteiger partial charge in [-0.3, -0.25) is 14.9 Å². The van der Waals surface area contributed by atoms with Gasteiger partial charge in [-0.05, 0) is 24.3 Å². The van der Waals surface area contributed by atoms with Crippen LogP contribution in [0, 0.1) is 10.1 Å². The van der Waals surface area contributed by atoms with E-state index in [0.29, 0.717) is 48.7 Å². The van der Waals surface area contributed by atoms with E-state index in [2.05, 4.69) is 0 Å². The van der Waals surface area contributed by atoms with Gasteiger partial charge < -0.3 is 14.4 Å². The minimum Gasteiger partial charge on any atom is -0.497 e. The molecule has 1 fully saturated rings. The molecule has 2 aromatic rings. The van der Waals surface area contributed by atoms with Crippen molar-refractivity contribution < 1.29 is 27.6 Å². The molecular weight excluding hydrogens is 426 g/mol. The van der Waals surface area contributed by atoms with Gasteiger partial charge in [0.15, 0.2) is 5.78 Å². The molecule has 0 amide bonds. The third-order valence-electron chi connectivity index (χ3n) is 5.79. The number of carbonyl (C=O) groups is 1. The molecule has 1 spiro atoms. The van der Waals surface area contributed by atoms with Crippen molar-refractivity contribution in [3.8, 4) is 11.5 Å². The van der Waals surface area contributed by atoms with Gasteiger partial charge in [0.25, 0.3) is 5.69 Å². The van der Waals surface area contributed by atoms with Crippen molar-refractivity contribution in [3.05, 3.63) is 52.1 Å². The fraction of sp³-hybridized carbons (Fsp3) is 0.350. The number of sulfonamides is 1. The lowest BCUT2D eigenvalue weighted by Crippen LogP contribution is -2.51. The molecule has 0 aliphatic carbocycles. The van der Waals surface area contributed by atoms with E-state index in [1.165, 1.54) is 19.2 Å². The summed E-state index contributed by atoms with van der Waals surface area (Å²) in [6.07, 6.45) is 1.18. The molecule has 2 aliphatic rings. The van der Waals surface area contributed by atoms with Crippen molar-refractivity contribution in [2.75, 3.05) is 25.1 Å². The number of hydrogen-bond donors (Lipinski definition) is 1. The number of nitrogens with two attached hydrogens (primary N) is 1. The van der Waals surface area contributed by atoms with Crippen LogP contribution in [-0.4, -0.2) is 44.9 Å². The number of carbonyl (C=O) groups excluding carboxylic acids is 1. The first-order valence-corrected chi connectivity index (χ1v) is 11.1. The van der Waals surface area contributed by atoms with Crippen molar-refractivity contribution in [1.82, 2.24) is 0 Å². The smallest absolute Gasteiger partial charge is 0.293 e. The minimum absolute atomic E-state index is 0.0131. The third kappa shape index (κ3) is 3.93. The summed E-state index contributed by atoms with van der Waals surface area (Å²) in [6.45, 7) is 0.810. The lowest BCUT2D eigenvalue weighted by atomic mass is 9.82. The van der Waals surface area contributed by atoms with E-state index in [0.717, 1.165) is 6.07 Å². The number of primary sulfonamides is 1. The average Bonchev–Trinajstić information content (AvgIpc) is 2.72. The first kappa shape index (κ1) is 21.1. The van der Waals surface area contributed by atoms with E-state index in [1.807, 2.05) is 0 Å². The number of nitro benzene ring substituents is 1. The van der Waals surface area contributed by atoms with Crippen LogP contribution in [0.15, 0.2) is 41.3 Å². The summed E-state index contributed by atoms with van der Waals surface area (Å²) in [4.78, 5) is 25.1. The Balaban J connectivity index is 1.58.